The molecule has 2 aliphatic rings. The zero-order chi connectivity index (χ0) is 15.8. The van der Waals surface area contributed by atoms with Crippen LogP contribution in [0.1, 0.15) is 17.2 Å². The van der Waals surface area contributed by atoms with Crippen LogP contribution >= 0.6 is 23.4 Å². The number of rotatable bonds is 1. The first-order chi connectivity index (χ1) is 11.2. The Balaban J connectivity index is 1.75. The van der Waals surface area contributed by atoms with Crippen LogP contribution < -0.4 is 0 Å². The summed E-state index contributed by atoms with van der Waals surface area (Å²) in [5.41, 5.74) is 2.88. The lowest BCUT2D eigenvalue weighted by molar-refractivity contribution is 0.110. The van der Waals surface area contributed by atoms with Crippen LogP contribution in [-0.4, -0.2) is 43.0 Å². The third kappa shape index (κ3) is 3.16. The van der Waals surface area contributed by atoms with Gasteiger partial charge in [-0.05, 0) is 42.8 Å². The number of fused-ring (bicyclic) bond motifs is 2. The molecule has 1 fully saturated rings. The highest BCUT2D eigenvalue weighted by Crippen LogP contribution is 2.43. The molecule has 0 saturated carbocycles. The zero-order valence-corrected chi connectivity index (χ0v) is 14.9. The van der Waals surface area contributed by atoms with Gasteiger partial charge in [0.2, 0.25) is 0 Å². The third-order valence-corrected chi connectivity index (χ3v) is 6.35. The summed E-state index contributed by atoms with van der Waals surface area (Å²) in [5.74, 6) is 0. The van der Waals surface area contributed by atoms with Crippen molar-refractivity contribution in [3.8, 4) is 0 Å². The minimum Gasteiger partial charge on any atom is -0.304 e. The number of nitrogens with zero attached hydrogens (tertiary/aromatic N) is 2. The van der Waals surface area contributed by atoms with Crippen molar-refractivity contribution < 1.29 is 0 Å². The van der Waals surface area contributed by atoms with Gasteiger partial charge < -0.3 is 4.90 Å². The van der Waals surface area contributed by atoms with Crippen LogP contribution in [0.4, 0.5) is 0 Å². The predicted molar refractivity (Wildman–Crippen MR) is 97.5 cm³/mol. The van der Waals surface area contributed by atoms with E-state index in [4.69, 9.17) is 11.6 Å². The molecule has 23 heavy (non-hydrogen) atoms. The molecule has 2 nitrogen and oxygen atoms in total. The molecule has 2 aromatic carbocycles. The molecule has 0 radical (unpaired) electrons. The zero-order valence-electron chi connectivity index (χ0n) is 13.3. The standard InChI is InChI=1S/C19H21ClN2S/c1-21-8-10-22(11-9-21)17-12-14-4-2-3-5-18(14)23-19-13-15(20)6-7-16(17)19/h2-7,13,17H,8-12H2,1H3. The van der Waals surface area contributed by atoms with Crippen molar-refractivity contribution in [2.24, 2.45) is 0 Å². The first-order valence-electron chi connectivity index (χ1n) is 8.18. The maximum absolute atomic E-state index is 6.28. The van der Waals surface area contributed by atoms with E-state index in [0.717, 1.165) is 37.6 Å². The largest absolute Gasteiger partial charge is 0.304 e. The fraction of sp³-hybridized carbons (Fsp3) is 0.368. The van der Waals surface area contributed by atoms with Crippen molar-refractivity contribution in [1.82, 2.24) is 9.80 Å². The van der Waals surface area contributed by atoms with Gasteiger partial charge in [0.25, 0.3) is 0 Å². The number of likely N-dealkylation sites (N-methyl/N-ethyl adjacent to an activating group) is 1. The molecule has 4 rings (SSSR count). The molecule has 0 spiro atoms. The van der Waals surface area contributed by atoms with Crippen molar-refractivity contribution >= 4 is 23.4 Å². The van der Waals surface area contributed by atoms with Crippen LogP contribution in [0.3, 0.4) is 0 Å². The molecule has 2 aromatic rings. The maximum atomic E-state index is 6.28. The van der Waals surface area contributed by atoms with E-state index in [0.29, 0.717) is 6.04 Å². The van der Waals surface area contributed by atoms with Gasteiger partial charge in [-0.3, -0.25) is 4.90 Å². The van der Waals surface area contributed by atoms with Gasteiger partial charge >= 0.3 is 0 Å². The Morgan fingerprint density at radius 1 is 1.00 bits per heavy atom. The van der Waals surface area contributed by atoms with Crippen LogP contribution in [0.15, 0.2) is 52.3 Å². The number of benzene rings is 2. The SMILES string of the molecule is CN1CCN(C2Cc3ccccc3Sc3cc(Cl)ccc32)CC1. The first-order valence-corrected chi connectivity index (χ1v) is 9.38. The third-order valence-electron chi connectivity index (χ3n) is 4.92. The van der Waals surface area contributed by atoms with Crippen molar-refractivity contribution in [2.45, 2.75) is 22.3 Å². The van der Waals surface area contributed by atoms with Crippen LogP contribution in [-0.2, 0) is 6.42 Å². The quantitative estimate of drug-likeness (QED) is 0.760. The maximum Gasteiger partial charge on any atom is 0.0417 e. The molecule has 0 aromatic heterocycles. The Morgan fingerprint density at radius 3 is 2.61 bits per heavy atom. The molecular formula is C19H21ClN2S. The van der Waals surface area contributed by atoms with Crippen LogP contribution in [0.2, 0.25) is 5.02 Å². The van der Waals surface area contributed by atoms with E-state index in [-0.39, 0.29) is 0 Å². The molecule has 120 valence electrons. The van der Waals surface area contributed by atoms with Gasteiger partial charge in [0.1, 0.15) is 0 Å². The summed E-state index contributed by atoms with van der Waals surface area (Å²) in [7, 11) is 2.21. The van der Waals surface area contributed by atoms with E-state index in [1.807, 2.05) is 17.8 Å². The normalized spacial score (nSPS) is 22.3. The van der Waals surface area contributed by atoms with Crippen molar-refractivity contribution in [1.29, 1.82) is 0 Å². The fourth-order valence-electron chi connectivity index (χ4n) is 3.54. The summed E-state index contributed by atoms with van der Waals surface area (Å²) in [6.45, 7) is 4.56. The van der Waals surface area contributed by atoms with E-state index in [2.05, 4.69) is 53.2 Å². The minimum atomic E-state index is 0.451. The average Bonchev–Trinajstić information content (AvgIpc) is 2.71. The van der Waals surface area contributed by atoms with E-state index >= 15 is 0 Å². The molecule has 1 atom stereocenters. The summed E-state index contributed by atoms with van der Waals surface area (Å²) >= 11 is 8.14. The van der Waals surface area contributed by atoms with Crippen molar-refractivity contribution in [2.75, 3.05) is 33.2 Å². The Labute approximate surface area is 147 Å². The number of piperazine rings is 1. The molecule has 2 aliphatic heterocycles. The predicted octanol–water partition coefficient (Wildman–Crippen LogP) is 4.34. The summed E-state index contributed by atoms with van der Waals surface area (Å²) in [6, 6.07) is 15.7. The fourth-order valence-corrected chi connectivity index (χ4v) is 4.95. The molecule has 0 amide bonds. The summed E-state index contributed by atoms with van der Waals surface area (Å²) in [5, 5.41) is 0.827. The van der Waals surface area contributed by atoms with Gasteiger partial charge in [0.15, 0.2) is 0 Å². The van der Waals surface area contributed by atoms with Gasteiger partial charge in [-0.2, -0.15) is 0 Å². The second-order valence-corrected chi connectivity index (χ2v) is 7.97. The smallest absolute Gasteiger partial charge is 0.0417 e. The molecule has 0 bridgehead atoms. The van der Waals surface area contributed by atoms with Gasteiger partial charge in [0, 0.05) is 47.0 Å². The Hall–Kier alpha value is -1.00. The number of hydrogen-bond acceptors (Lipinski definition) is 3. The first kappa shape index (κ1) is 15.5. The monoisotopic (exact) mass is 344 g/mol. The van der Waals surface area contributed by atoms with E-state index in [9.17, 15) is 0 Å². The Morgan fingerprint density at radius 2 is 1.78 bits per heavy atom. The van der Waals surface area contributed by atoms with Crippen molar-refractivity contribution in [3.05, 3.63) is 58.6 Å². The van der Waals surface area contributed by atoms with Gasteiger partial charge in [0.05, 0.1) is 0 Å². The summed E-state index contributed by atoms with van der Waals surface area (Å²) in [4.78, 5) is 7.74. The van der Waals surface area contributed by atoms with E-state index < -0.39 is 0 Å². The van der Waals surface area contributed by atoms with Crippen LogP contribution in [0.5, 0.6) is 0 Å². The highest BCUT2D eigenvalue weighted by atomic mass is 35.5. The second kappa shape index (κ2) is 6.48. The number of halogens is 1. The second-order valence-electron chi connectivity index (χ2n) is 6.45. The molecule has 1 saturated heterocycles. The lowest BCUT2D eigenvalue weighted by Crippen LogP contribution is -2.46. The van der Waals surface area contributed by atoms with Gasteiger partial charge in [-0.1, -0.05) is 47.6 Å². The van der Waals surface area contributed by atoms with Crippen LogP contribution in [0, 0.1) is 0 Å². The lowest BCUT2D eigenvalue weighted by Gasteiger charge is -2.38. The highest BCUT2D eigenvalue weighted by molar-refractivity contribution is 7.99. The molecule has 2 heterocycles. The molecule has 4 heteroatoms. The number of hydrogen-bond donors (Lipinski definition) is 0. The minimum absolute atomic E-state index is 0.451. The van der Waals surface area contributed by atoms with E-state index in [1.54, 1.807) is 0 Å². The Kier molecular flexibility index (Phi) is 4.37. The lowest BCUT2D eigenvalue weighted by atomic mass is 9.96. The van der Waals surface area contributed by atoms with E-state index in [1.165, 1.54) is 20.9 Å². The van der Waals surface area contributed by atoms with Gasteiger partial charge in [-0.15, -0.1) is 0 Å². The molecule has 1 unspecified atom stereocenters. The van der Waals surface area contributed by atoms with Crippen molar-refractivity contribution in [3.63, 3.8) is 0 Å². The van der Waals surface area contributed by atoms with Gasteiger partial charge in [-0.25, -0.2) is 0 Å². The molecule has 0 aliphatic carbocycles. The molecule has 0 N–H and O–H groups in total. The highest BCUT2D eigenvalue weighted by Gasteiger charge is 2.29. The summed E-state index contributed by atoms with van der Waals surface area (Å²) in [6.07, 6.45) is 1.08. The Bertz CT molecular complexity index is 710. The topological polar surface area (TPSA) is 6.48 Å². The average molecular weight is 345 g/mol. The van der Waals surface area contributed by atoms with Crippen LogP contribution in [0.25, 0.3) is 0 Å². The molecular weight excluding hydrogens is 324 g/mol. The summed E-state index contributed by atoms with van der Waals surface area (Å²) < 4.78 is 0.